The summed E-state index contributed by atoms with van der Waals surface area (Å²) in [6, 6.07) is 25.4. The van der Waals surface area contributed by atoms with Gasteiger partial charge >= 0.3 is 5.97 Å². The molecule has 3 aromatic carbocycles. The molecule has 1 saturated heterocycles. The van der Waals surface area contributed by atoms with Crippen LogP contribution in [0.1, 0.15) is 62.5 Å². The second kappa shape index (κ2) is 18.1. The third-order valence-corrected chi connectivity index (χ3v) is 9.01. The molecular formula is C39H47FO6. The minimum Gasteiger partial charge on any atom is -0.469 e. The summed E-state index contributed by atoms with van der Waals surface area (Å²) >= 11 is 0. The summed E-state index contributed by atoms with van der Waals surface area (Å²) in [5.74, 6) is -0.176. The van der Waals surface area contributed by atoms with E-state index in [2.05, 4.69) is 60.7 Å². The van der Waals surface area contributed by atoms with Crippen molar-refractivity contribution in [3.05, 3.63) is 108 Å². The van der Waals surface area contributed by atoms with Crippen LogP contribution in [-0.2, 0) is 41.7 Å². The van der Waals surface area contributed by atoms with Gasteiger partial charge in [-0.25, -0.2) is 4.39 Å². The topological polar surface area (TPSA) is 63.2 Å². The number of methoxy groups -OCH3 is 1. The molecule has 2 aliphatic rings. The third-order valence-electron chi connectivity index (χ3n) is 9.01. The molecule has 246 valence electrons. The highest BCUT2D eigenvalue weighted by Crippen LogP contribution is 2.41. The number of ether oxygens (including phenoxy) is 5. The highest BCUT2D eigenvalue weighted by atomic mass is 19.1. The molecule has 0 aromatic heterocycles. The maximum atomic E-state index is 13.5. The number of benzene rings is 3. The van der Waals surface area contributed by atoms with Crippen molar-refractivity contribution in [2.24, 2.45) is 11.8 Å². The summed E-state index contributed by atoms with van der Waals surface area (Å²) in [5, 5.41) is 0. The molecule has 5 rings (SSSR count). The fraction of sp³-hybridized carbons (Fsp3) is 0.462. The van der Waals surface area contributed by atoms with Crippen LogP contribution < -0.4 is 0 Å². The van der Waals surface area contributed by atoms with Gasteiger partial charge in [-0.15, -0.1) is 0 Å². The van der Waals surface area contributed by atoms with Crippen molar-refractivity contribution in [1.82, 2.24) is 0 Å². The lowest BCUT2D eigenvalue weighted by atomic mass is 9.90. The zero-order valence-corrected chi connectivity index (χ0v) is 26.9. The van der Waals surface area contributed by atoms with Gasteiger partial charge in [0.2, 0.25) is 0 Å². The molecule has 7 heteroatoms. The van der Waals surface area contributed by atoms with Crippen LogP contribution in [0.5, 0.6) is 0 Å². The molecule has 2 fully saturated rings. The number of unbranched alkanes of at least 4 members (excludes halogenated alkanes) is 1. The summed E-state index contributed by atoms with van der Waals surface area (Å²) < 4.78 is 43.8. The molecule has 46 heavy (non-hydrogen) atoms. The fourth-order valence-electron chi connectivity index (χ4n) is 6.41. The molecule has 1 aliphatic heterocycles. The Labute approximate surface area is 272 Å². The molecule has 1 saturated carbocycles. The zero-order chi connectivity index (χ0) is 32.0. The number of hydrogen-bond acceptors (Lipinski definition) is 6. The molecule has 0 amide bonds. The normalized spacial score (nSPS) is 23.1. The van der Waals surface area contributed by atoms with Gasteiger partial charge in [-0.2, -0.15) is 0 Å². The second-order valence-corrected chi connectivity index (χ2v) is 12.3. The molecule has 1 aliphatic carbocycles. The molecule has 0 spiro atoms. The Bertz CT molecular complexity index is 1340. The average Bonchev–Trinajstić information content (AvgIpc) is 3.42. The Morgan fingerprint density at radius 1 is 0.870 bits per heavy atom. The van der Waals surface area contributed by atoms with E-state index in [1.165, 1.54) is 30.4 Å². The van der Waals surface area contributed by atoms with Gasteiger partial charge in [-0.3, -0.25) is 4.79 Å². The quantitative estimate of drug-likeness (QED) is 0.0900. The SMILES string of the molecule is COC(=O)CCC/C=C\C[C@@H]1[C@@H](COCc2ccc(F)cc2)[C@H](OC2CCCCO2)C[C@@H]1OCc1ccc(-c2ccccc2)cc1. The van der Waals surface area contributed by atoms with Crippen LogP contribution >= 0.6 is 0 Å². The molecular weight excluding hydrogens is 583 g/mol. The first-order valence-corrected chi connectivity index (χ1v) is 16.7. The van der Waals surface area contributed by atoms with E-state index in [1.807, 2.05) is 6.07 Å². The Balaban J connectivity index is 1.27. The molecule has 0 N–H and O–H groups in total. The minimum atomic E-state index is -0.256. The van der Waals surface area contributed by atoms with E-state index in [1.54, 1.807) is 12.1 Å². The Morgan fingerprint density at radius 3 is 2.35 bits per heavy atom. The van der Waals surface area contributed by atoms with Gasteiger partial charge in [-0.05, 0) is 78.8 Å². The summed E-state index contributed by atoms with van der Waals surface area (Å²) in [6.45, 7) is 2.13. The number of carbonyl (C=O) groups excluding carboxylic acids is 1. The van der Waals surface area contributed by atoms with E-state index in [0.29, 0.717) is 26.2 Å². The smallest absolute Gasteiger partial charge is 0.305 e. The predicted molar refractivity (Wildman–Crippen MR) is 176 cm³/mol. The van der Waals surface area contributed by atoms with E-state index in [9.17, 15) is 9.18 Å². The molecule has 6 nitrogen and oxygen atoms in total. The summed E-state index contributed by atoms with van der Waals surface area (Å²) in [6.07, 6.45) is 10.6. The Morgan fingerprint density at radius 2 is 1.61 bits per heavy atom. The van der Waals surface area contributed by atoms with Gasteiger partial charge in [0.05, 0.1) is 39.1 Å². The highest BCUT2D eigenvalue weighted by Gasteiger charge is 2.45. The van der Waals surface area contributed by atoms with Gasteiger partial charge in [-0.1, -0.05) is 78.9 Å². The maximum absolute atomic E-state index is 13.5. The van der Waals surface area contributed by atoms with Crippen molar-refractivity contribution >= 4 is 5.97 Å². The van der Waals surface area contributed by atoms with Gasteiger partial charge in [0.15, 0.2) is 6.29 Å². The van der Waals surface area contributed by atoms with Crippen molar-refractivity contribution in [3.63, 3.8) is 0 Å². The largest absolute Gasteiger partial charge is 0.469 e. The average molecular weight is 631 g/mol. The maximum Gasteiger partial charge on any atom is 0.305 e. The number of carbonyl (C=O) groups is 1. The molecule has 1 unspecified atom stereocenters. The van der Waals surface area contributed by atoms with Crippen LogP contribution in [0.4, 0.5) is 4.39 Å². The zero-order valence-electron chi connectivity index (χ0n) is 26.9. The number of halogens is 1. The lowest BCUT2D eigenvalue weighted by Crippen LogP contribution is -2.33. The van der Waals surface area contributed by atoms with Crippen LogP contribution in [0, 0.1) is 17.7 Å². The van der Waals surface area contributed by atoms with Crippen LogP contribution in [0.3, 0.4) is 0 Å². The van der Waals surface area contributed by atoms with Crippen molar-refractivity contribution in [2.75, 3.05) is 20.3 Å². The molecule has 5 atom stereocenters. The first-order valence-electron chi connectivity index (χ1n) is 16.7. The second-order valence-electron chi connectivity index (χ2n) is 12.3. The van der Waals surface area contributed by atoms with Gasteiger partial charge in [0, 0.05) is 25.4 Å². The number of allylic oxidation sites excluding steroid dienone is 2. The minimum absolute atomic E-state index is 0.0264. The van der Waals surface area contributed by atoms with Gasteiger partial charge in [0.25, 0.3) is 0 Å². The Kier molecular flexibility index (Phi) is 13.4. The standard InChI is InChI=1S/C39H47FO6/c1-42-38(41)14-8-3-2-7-13-34-35(28-43-26-29-18-22-33(40)23-19-29)37(46-39-15-9-10-24-44-39)25-36(34)45-27-30-16-20-32(21-17-30)31-11-5-4-6-12-31/h2,4-7,11-12,16-23,34-37,39H,3,8-10,13-15,24-28H2,1H3/b7-2-/t34-,35-,36+,37-,39?/m1/s1. The number of hydrogen-bond donors (Lipinski definition) is 0. The summed E-state index contributed by atoms with van der Waals surface area (Å²) in [5.41, 5.74) is 4.43. The molecule has 0 radical (unpaired) electrons. The third kappa shape index (κ3) is 10.3. The van der Waals surface area contributed by atoms with Crippen molar-refractivity contribution in [1.29, 1.82) is 0 Å². The van der Waals surface area contributed by atoms with Crippen LogP contribution in [0.25, 0.3) is 11.1 Å². The van der Waals surface area contributed by atoms with Crippen LogP contribution in [0.15, 0.2) is 91.0 Å². The number of rotatable bonds is 16. The molecule has 0 bridgehead atoms. The molecule has 3 aromatic rings. The first kappa shape index (κ1) is 34.0. The Hall–Kier alpha value is -3.36. The lowest BCUT2D eigenvalue weighted by Gasteiger charge is -2.30. The lowest BCUT2D eigenvalue weighted by molar-refractivity contribution is -0.199. The van der Waals surface area contributed by atoms with Crippen LogP contribution in [0.2, 0.25) is 0 Å². The van der Waals surface area contributed by atoms with E-state index >= 15 is 0 Å². The van der Waals surface area contributed by atoms with E-state index in [4.69, 9.17) is 23.7 Å². The van der Waals surface area contributed by atoms with Crippen molar-refractivity contribution in [2.45, 2.75) is 83.1 Å². The summed E-state index contributed by atoms with van der Waals surface area (Å²) in [4.78, 5) is 11.5. The van der Waals surface area contributed by atoms with E-state index in [-0.39, 0.29) is 42.1 Å². The monoisotopic (exact) mass is 630 g/mol. The van der Waals surface area contributed by atoms with Crippen molar-refractivity contribution in [3.8, 4) is 11.1 Å². The van der Waals surface area contributed by atoms with Crippen LogP contribution in [-0.4, -0.2) is 44.8 Å². The van der Waals surface area contributed by atoms with Gasteiger partial charge in [0.1, 0.15) is 5.82 Å². The van der Waals surface area contributed by atoms with E-state index in [0.717, 1.165) is 62.7 Å². The summed E-state index contributed by atoms with van der Waals surface area (Å²) in [7, 11) is 1.42. The molecule has 1 heterocycles. The highest BCUT2D eigenvalue weighted by molar-refractivity contribution is 5.69. The van der Waals surface area contributed by atoms with E-state index < -0.39 is 0 Å². The van der Waals surface area contributed by atoms with Crippen molar-refractivity contribution < 1.29 is 32.9 Å². The fourth-order valence-corrected chi connectivity index (χ4v) is 6.41. The first-order chi connectivity index (χ1) is 22.6. The van der Waals surface area contributed by atoms with Gasteiger partial charge < -0.3 is 23.7 Å². The predicted octanol–water partition coefficient (Wildman–Crippen LogP) is 8.43. The number of esters is 1.